The van der Waals surface area contributed by atoms with Crippen molar-refractivity contribution in [1.82, 2.24) is 20.3 Å². The lowest BCUT2D eigenvalue weighted by atomic mass is 9.80. The number of fused-ring (bicyclic) bond motifs is 1. The van der Waals surface area contributed by atoms with E-state index >= 15 is 0 Å². The van der Waals surface area contributed by atoms with E-state index in [1.165, 1.54) is 13.5 Å². The van der Waals surface area contributed by atoms with Gasteiger partial charge in [0.1, 0.15) is 17.9 Å². The van der Waals surface area contributed by atoms with Gasteiger partial charge in [-0.15, -0.1) is 0 Å². The summed E-state index contributed by atoms with van der Waals surface area (Å²) in [6.45, 7) is 3.61. The smallest absolute Gasteiger partial charge is 0.337 e. The highest BCUT2D eigenvalue weighted by Gasteiger charge is 2.39. The summed E-state index contributed by atoms with van der Waals surface area (Å²) in [5, 5.41) is 3.14. The number of esters is 2. The van der Waals surface area contributed by atoms with Crippen LogP contribution in [0.3, 0.4) is 0 Å². The second kappa shape index (κ2) is 11.2. The predicted octanol–water partition coefficient (Wildman–Crippen LogP) is 4.81. The highest BCUT2D eigenvalue weighted by Crippen LogP contribution is 2.41. The van der Waals surface area contributed by atoms with Crippen LogP contribution in [-0.4, -0.2) is 40.6 Å². The van der Waals surface area contributed by atoms with E-state index in [0.29, 0.717) is 39.2 Å². The van der Waals surface area contributed by atoms with Crippen molar-refractivity contribution in [3.63, 3.8) is 0 Å². The zero-order valence-electron chi connectivity index (χ0n) is 21.9. The number of aromatic amines is 1. The number of nitrogens with zero attached hydrogens (tertiary/aromatic N) is 2. The number of H-pyrrole nitrogens is 1. The van der Waals surface area contributed by atoms with Gasteiger partial charge in [0.05, 0.1) is 24.2 Å². The van der Waals surface area contributed by atoms with Crippen LogP contribution in [0.1, 0.15) is 42.3 Å². The fourth-order valence-electron chi connectivity index (χ4n) is 4.81. The van der Waals surface area contributed by atoms with Crippen LogP contribution in [0.4, 0.5) is 0 Å². The van der Waals surface area contributed by atoms with Crippen molar-refractivity contribution in [2.45, 2.75) is 26.2 Å². The molecule has 0 fully saturated rings. The number of carbonyl (C=O) groups is 2. The quantitative estimate of drug-likeness (QED) is 0.315. The molecular weight excluding hydrogens is 496 g/mol. The molecule has 2 aromatic heterocycles. The highest BCUT2D eigenvalue weighted by molar-refractivity contribution is 6.01. The SMILES string of the molecule is COC(=O)C1=C(C)NC(C)=C(C(=O)OCC=Cc2ccc(Cc3ncc[nH]3)cc2)C1c1cccc2ncoc12. The molecule has 0 radical (unpaired) electrons. The van der Waals surface area contributed by atoms with Crippen LogP contribution in [0.2, 0.25) is 0 Å². The average Bonchev–Trinajstić information content (AvgIpc) is 3.63. The van der Waals surface area contributed by atoms with Gasteiger partial charge in [-0.25, -0.2) is 19.6 Å². The lowest BCUT2D eigenvalue weighted by Crippen LogP contribution is -2.32. The van der Waals surface area contributed by atoms with Gasteiger partial charge in [0, 0.05) is 35.8 Å². The zero-order chi connectivity index (χ0) is 27.4. The first-order valence-electron chi connectivity index (χ1n) is 12.5. The van der Waals surface area contributed by atoms with Crippen LogP contribution in [0.5, 0.6) is 0 Å². The van der Waals surface area contributed by atoms with Crippen LogP contribution in [0.25, 0.3) is 17.2 Å². The Morgan fingerprint density at radius 3 is 2.51 bits per heavy atom. The third-order valence-electron chi connectivity index (χ3n) is 6.61. The first-order chi connectivity index (χ1) is 19.0. The van der Waals surface area contributed by atoms with Crippen molar-refractivity contribution < 1.29 is 23.5 Å². The van der Waals surface area contributed by atoms with Crippen molar-refractivity contribution >= 4 is 29.1 Å². The zero-order valence-corrected chi connectivity index (χ0v) is 21.9. The maximum Gasteiger partial charge on any atom is 0.337 e. The van der Waals surface area contributed by atoms with Crippen LogP contribution in [0, 0.1) is 0 Å². The number of hydrogen-bond acceptors (Lipinski definition) is 8. The molecule has 198 valence electrons. The summed E-state index contributed by atoms with van der Waals surface area (Å²) < 4.78 is 16.4. The van der Waals surface area contributed by atoms with Crippen LogP contribution >= 0.6 is 0 Å². The first kappa shape index (κ1) is 25.7. The fourth-order valence-corrected chi connectivity index (χ4v) is 4.81. The van der Waals surface area contributed by atoms with E-state index in [0.717, 1.165) is 23.4 Å². The predicted molar refractivity (Wildman–Crippen MR) is 145 cm³/mol. The molecule has 0 saturated carbocycles. The Kier molecular flexibility index (Phi) is 7.40. The molecule has 0 saturated heterocycles. The van der Waals surface area contributed by atoms with Gasteiger partial charge in [-0.1, -0.05) is 42.5 Å². The summed E-state index contributed by atoms with van der Waals surface area (Å²) in [7, 11) is 1.31. The molecule has 2 aromatic carbocycles. The molecule has 39 heavy (non-hydrogen) atoms. The third-order valence-corrected chi connectivity index (χ3v) is 6.61. The summed E-state index contributed by atoms with van der Waals surface area (Å²) >= 11 is 0. The number of carbonyl (C=O) groups excluding carboxylic acids is 2. The topological polar surface area (TPSA) is 119 Å². The van der Waals surface area contributed by atoms with Gasteiger partial charge in [0.15, 0.2) is 12.0 Å². The molecule has 0 spiro atoms. The first-order valence-corrected chi connectivity index (χ1v) is 12.5. The van der Waals surface area contributed by atoms with Crippen molar-refractivity contribution in [2.24, 2.45) is 0 Å². The number of dihydropyridines is 1. The Morgan fingerprint density at radius 1 is 1.03 bits per heavy atom. The van der Waals surface area contributed by atoms with E-state index in [4.69, 9.17) is 13.9 Å². The molecule has 0 aliphatic carbocycles. The standard InChI is InChI=1S/C30H28N4O5/c1-18-25(29(35)37-3)27(22-7-4-8-23-28(22)39-17-33-23)26(19(2)34-18)30(36)38-15-5-6-20-9-11-21(12-10-20)16-24-31-13-14-32-24/h4-14,17,27,34H,15-16H2,1-3H3,(H,31,32). The van der Waals surface area contributed by atoms with Crippen molar-refractivity contribution in [3.05, 3.63) is 112 Å². The Balaban J connectivity index is 1.34. The Morgan fingerprint density at radius 2 is 1.79 bits per heavy atom. The molecule has 1 aliphatic heterocycles. The number of oxazole rings is 1. The minimum Gasteiger partial charge on any atom is -0.466 e. The maximum atomic E-state index is 13.5. The van der Waals surface area contributed by atoms with E-state index in [2.05, 4.69) is 20.3 Å². The van der Waals surface area contributed by atoms with Crippen molar-refractivity contribution in [2.75, 3.05) is 13.7 Å². The molecule has 9 nitrogen and oxygen atoms in total. The minimum atomic E-state index is -0.756. The van der Waals surface area contributed by atoms with Crippen molar-refractivity contribution in [3.8, 4) is 0 Å². The summed E-state index contributed by atoms with van der Waals surface area (Å²) in [6, 6.07) is 13.5. The molecule has 2 N–H and O–H groups in total. The number of benzene rings is 2. The molecule has 0 bridgehead atoms. The van der Waals surface area contributed by atoms with E-state index in [1.54, 1.807) is 38.4 Å². The van der Waals surface area contributed by atoms with Crippen LogP contribution in [0.15, 0.2) is 94.3 Å². The molecule has 5 rings (SSSR count). The second-order valence-corrected chi connectivity index (χ2v) is 9.13. The third kappa shape index (κ3) is 5.38. The number of allylic oxidation sites excluding steroid dienone is 2. The Hall–Kier alpha value is -4.92. The molecule has 1 atom stereocenters. The van der Waals surface area contributed by atoms with Gasteiger partial charge < -0.3 is 24.2 Å². The van der Waals surface area contributed by atoms with E-state index in [-0.39, 0.29) is 6.61 Å². The number of imidazole rings is 1. The molecule has 4 aromatic rings. The summed E-state index contributed by atoms with van der Waals surface area (Å²) in [5.74, 6) is -0.942. The van der Waals surface area contributed by atoms with Gasteiger partial charge in [-0.05, 0) is 37.1 Å². The monoisotopic (exact) mass is 524 g/mol. The largest absolute Gasteiger partial charge is 0.466 e. The van der Waals surface area contributed by atoms with Crippen LogP contribution < -0.4 is 5.32 Å². The summed E-state index contributed by atoms with van der Waals surface area (Å²) in [5.41, 5.74) is 5.65. The molecule has 9 heteroatoms. The van der Waals surface area contributed by atoms with Gasteiger partial charge in [-0.3, -0.25) is 0 Å². The average molecular weight is 525 g/mol. The van der Waals surface area contributed by atoms with Gasteiger partial charge in [-0.2, -0.15) is 0 Å². The van der Waals surface area contributed by atoms with Gasteiger partial charge in [0.2, 0.25) is 0 Å². The molecule has 3 heterocycles. The molecular formula is C30H28N4O5. The molecule has 1 unspecified atom stereocenters. The van der Waals surface area contributed by atoms with Crippen LogP contribution in [-0.2, 0) is 25.5 Å². The number of rotatable bonds is 8. The van der Waals surface area contributed by atoms with E-state index in [9.17, 15) is 9.59 Å². The number of hydrogen-bond donors (Lipinski definition) is 2. The van der Waals surface area contributed by atoms with E-state index in [1.807, 2.05) is 42.5 Å². The Bertz CT molecular complexity index is 1590. The Labute approximate surface area is 225 Å². The number of methoxy groups -OCH3 is 1. The van der Waals surface area contributed by atoms with E-state index < -0.39 is 17.9 Å². The lowest BCUT2D eigenvalue weighted by molar-refractivity contribution is -0.138. The normalized spacial score (nSPS) is 15.6. The second-order valence-electron chi connectivity index (χ2n) is 9.13. The number of nitrogens with one attached hydrogen (secondary N) is 2. The lowest BCUT2D eigenvalue weighted by Gasteiger charge is -2.30. The number of ether oxygens (including phenoxy) is 2. The van der Waals surface area contributed by atoms with Crippen molar-refractivity contribution in [1.29, 1.82) is 0 Å². The molecule has 0 amide bonds. The molecule has 1 aliphatic rings. The fraction of sp³-hybridized carbons (Fsp3) is 0.200. The number of para-hydroxylation sites is 1. The van der Waals surface area contributed by atoms with Gasteiger partial charge >= 0.3 is 11.9 Å². The summed E-state index contributed by atoms with van der Waals surface area (Å²) in [6.07, 6.45) is 9.27. The minimum absolute atomic E-state index is 0.0548. The highest BCUT2D eigenvalue weighted by atomic mass is 16.5. The summed E-state index contributed by atoms with van der Waals surface area (Å²) in [4.78, 5) is 37.9. The maximum absolute atomic E-state index is 13.5. The number of aromatic nitrogens is 3. The van der Waals surface area contributed by atoms with Gasteiger partial charge in [0.25, 0.3) is 0 Å².